The summed E-state index contributed by atoms with van der Waals surface area (Å²) in [4.78, 5) is 10.6. The predicted octanol–water partition coefficient (Wildman–Crippen LogP) is 16.2. The second kappa shape index (κ2) is 14.4. The molecule has 0 unspecified atom stereocenters. The van der Waals surface area contributed by atoms with E-state index in [-0.39, 0.29) is 10.8 Å². The third-order valence-corrected chi connectivity index (χ3v) is 14.1. The number of benzene rings is 9. The summed E-state index contributed by atoms with van der Waals surface area (Å²) in [6.45, 7) is 9.48. The first-order valence-corrected chi connectivity index (χ1v) is 22.4. The second-order valence-electron chi connectivity index (χ2n) is 18.6. The zero-order chi connectivity index (χ0) is 43.2. The Balaban J connectivity index is 1.08. The van der Waals surface area contributed by atoms with Gasteiger partial charge in [-0.25, -0.2) is 9.97 Å². The van der Waals surface area contributed by atoms with Gasteiger partial charge in [0.05, 0.1) is 11.4 Å². The largest absolute Gasteiger partial charge is 0.228 e. The van der Waals surface area contributed by atoms with Crippen molar-refractivity contribution in [1.82, 2.24) is 9.97 Å². The van der Waals surface area contributed by atoms with Crippen molar-refractivity contribution >= 4 is 10.8 Å². The van der Waals surface area contributed by atoms with Gasteiger partial charge in [0, 0.05) is 27.5 Å². The molecule has 0 spiro atoms. The molecular weight excluding hydrogens is 773 g/mol. The van der Waals surface area contributed by atoms with Crippen molar-refractivity contribution in [3.05, 3.63) is 229 Å². The topological polar surface area (TPSA) is 25.8 Å². The maximum Gasteiger partial charge on any atom is 0.160 e. The van der Waals surface area contributed by atoms with Crippen molar-refractivity contribution in [3.63, 3.8) is 0 Å². The molecule has 1 aromatic heterocycles. The van der Waals surface area contributed by atoms with E-state index in [0.717, 1.165) is 39.2 Å². The van der Waals surface area contributed by atoms with Crippen molar-refractivity contribution in [2.45, 2.75) is 38.5 Å². The molecule has 0 fully saturated rings. The van der Waals surface area contributed by atoms with Gasteiger partial charge >= 0.3 is 0 Å². The number of nitrogens with zero attached hydrogens (tertiary/aromatic N) is 2. The van der Waals surface area contributed by atoms with E-state index in [4.69, 9.17) is 9.97 Å². The highest BCUT2D eigenvalue weighted by Gasteiger charge is 2.38. The minimum Gasteiger partial charge on any atom is -0.228 e. The number of hydrogen-bond donors (Lipinski definition) is 0. The molecule has 0 saturated heterocycles. The van der Waals surface area contributed by atoms with Crippen LogP contribution in [0.1, 0.15) is 49.9 Å². The van der Waals surface area contributed by atoms with Crippen molar-refractivity contribution in [3.8, 4) is 89.5 Å². The van der Waals surface area contributed by atoms with Crippen LogP contribution in [0.15, 0.2) is 206 Å². The Bertz CT molecular complexity index is 3470. The van der Waals surface area contributed by atoms with Crippen LogP contribution in [0.3, 0.4) is 0 Å². The van der Waals surface area contributed by atoms with Crippen LogP contribution < -0.4 is 0 Å². The van der Waals surface area contributed by atoms with Crippen LogP contribution in [0.25, 0.3) is 100 Å². The molecular formula is C62H46N2. The summed E-state index contributed by atoms with van der Waals surface area (Å²) >= 11 is 0. The average Bonchev–Trinajstić information content (AvgIpc) is 3.72. The Labute approximate surface area is 375 Å². The summed E-state index contributed by atoms with van der Waals surface area (Å²) in [5.74, 6) is 0.701. The highest BCUT2D eigenvalue weighted by molar-refractivity contribution is 5.99. The lowest BCUT2D eigenvalue weighted by atomic mass is 9.81. The highest BCUT2D eigenvalue weighted by Crippen LogP contribution is 2.54. The van der Waals surface area contributed by atoms with Crippen LogP contribution in [0.4, 0.5) is 0 Å². The normalized spacial score (nSPS) is 13.9. The van der Waals surface area contributed by atoms with Crippen molar-refractivity contribution in [2.24, 2.45) is 0 Å². The molecule has 2 nitrogen and oxygen atoms in total. The Morgan fingerprint density at radius 2 is 0.797 bits per heavy atom. The van der Waals surface area contributed by atoms with Crippen molar-refractivity contribution < 1.29 is 0 Å². The fraction of sp³-hybridized carbons (Fsp3) is 0.0968. The molecule has 9 aromatic carbocycles. The maximum atomic E-state index is 5.40. The third kappa shape index (κ3) is 6.08. The van der Waals surface area contributed by atoms with Crippen LogP contribution in [-0.4, -0.2) is 9.97 Å². The van der Waals surface area contributed by atoms with E-state index in [1.807, 2.05) is 6.07 Å². The summed E-state index contributed by atoms with van der Waals surface area (Å²) in [5, 5.41) is 2.53. The first-order valence-electron chi connectivity index (χ1n) is 22.4. The average molecular weight is 819 g/mol. The fourth-order valence-corrected chi connectivity index (χ4v) is 10.6. The van der Waals surface area contributed by atoms with Gasteiger partial charge in [0.25, 0.3) is 0 Å². The van der Waals surface area contributed by atoms with E-state index in [9.17, 15) is 0 Å². The first-order chi connectivity index (χ1) is 31.2. The Hall–Kier alpha value is -7.68. The molecule has 64 heavy (non-hydrogen) atoms. The Kier molecular flexibility index (Phi) is 8.58. The van der Waals surface area contributed by atoms with E-state index < -0.39 is 0 Å². The van der Waals surface area contributed by atoms with E-state index >= 15 is 0 Å². The van der Waals surface area contributed by atoms with Gasteiger partial charge in [0.1, 0.15) is 0 Å². The van der Waals surface area contributed by atoms with Gasteiger partial charge in [0.15, 0.2) is 5.82 Å². The molecule has 304 valence electrons. The van der Waals surface area contributed by atoms with Crippen molar-refractivity contribution in [1.29, 1.82) is 0 Å². The molecule has 0 radical (unpaired) electrons. The van der Waals surface area contributed by atoms with Crippen LogP contribution in [0.5, 0.6) is 0 Å². The third-order valence-electron chi connectivity index (χ3n) is 14.1. The SMILES string of the molecule is CC1(C)c2ccccc2-c2ccc(-c3cc(-c4cc(-c5ccc(-c6ccccc6)cc5)nc(-c5ccccc5)n4)cc(-c4cccc5c4-c4cc6ccccc6cc4C5(C)C)c3)cc21. The molecule has 0 N–H and O–H groups in total. The summed E-state index contributed by atoms with van der Waals surface area (Å²) in [5.41, 5.74) is 22.4. The van der Waals surface area contributed by atoms with Crippen LogP contribution in [0, 0.1) is 0 Å². The van der Waals surface area contributed by atoms with Crippen LogP contribution in [0.2, 0.25) is 0 Å². The number of hydrogen-bond acceptors (Lipinski definition) is 2. The molecule has 0 bridgehead atoms. The minimum absolute atomic E-state index is 0.122. The van der Waals surface area contributed by atoms with E-state index in [0.29, 0.717) is 5.82 Å². The highest BCUT2D eigenvalue weighted by atomic mass is 14.9. The zero-order valence-corrected chi connectivity index (χ0v) is 36.5. The van der Waals surface area contributed by atoms with Gasteiger partial charge in [-0.1, -0.05) is 191 Å². The molecule has 0 amide bonds. The van der Waals surface area contributed by atoms with Crippen LogP contribution >= 0.6 is 0 Å². The van der Waals surface area contributed by atoms with Crippen molar-refractivity contribution in [2.75, 3.05) is 0 Å². The molecule has 0 aliphatic heterocycles. The molecule has 12 rings (SSSR count). The molecule has 1 heterocycles. The Morgan fingerprint density at radius 3 is 1.56 bits per heavy atom. The van der Waals surface area contributed by atoms with Gasteiger partial charge in [-0.3, -0.25) is 0 Å². The lowest BCUT2D eigenvalue weighted by molar-refractivity contribution is 0.660. The number of rotatable bonds is 6. The standard InChI is InChI=1S/C62H46N2/c1-61(2)53-24-14-13-22-50(53)51-31-30-45(37-55(51)61)46-32-47(49-23-15-25-54-59(49)52-35-43-20-11-12-21-44(43)36-56(52)62(54,3)4)34-48(33-46)58-38-57(63-60(64-58)42-18-9-6-10-19-42)41-28-26-40(27-29-41)39-16-7-5-8-17-39/h5-38H,1-4H3. The van der Waals surface area contributed by atoms with Gasteiger partial charge in [-0.15, -0.1) is 0 Å². The lowest BCUT2D eigenvalue weighted by Gasteiger charge is -2.22. The molecule has 2 heteroatoms. The first kappa shape index (κ1) is 38.0. The van der Waals surface area contributed by atoms with E-state index in [1.165, 1.54) is 77.5 Å². The second-order valence-corrected chi connectivity index (χ2v) is 18.6. The molecule has 2 aliphatic carbocycles. The van der Waals surface area contributed by atoms with Crippen LogP contribution in [-0.2, 0) is 10.8 Å². The van der Waals surface area contributed by atoms with Gasteiger partial charge in [-0.05, 0) is 131 Å². The quantitative estimate of drug-likeness (QED) is 0.167. The smallest absolute Gasteiger partial charge is 0.160 e. The maximum absolute atomic E-state index is 5.40. The number of fused-ring (bicyclic) bond motifs is 7. The summed E-state index contributed by atoms with van der Waals surface area (Å²) in [7, 11) is 0. The van der Waals surface area contributed by atoms with E-state index in [2.05, 4.69) is 228 Å². The zero-order valence-electron chi connectivity index (χ0n) is 36.5. The molecule has 0 atom stereocenters. The fourth-order valence-electron chi connectivity index (χ4n) is 10.6. The predicted molar refractivity (Wildman–Crippen MR) is 267 cm³/mol. The minimum atomic E-state index is -0.159. The lowest BCUT2D eigenvalue weighted by Crippen LogP contribution is -2.14. The molecule has 2 aliphatic rings. The van der Waals surface area contributed by atoms with Gasteiger partial charge < -0.3 is 0 Å². The summed E-state index contributed by atoms with van der Waals surface area (Å²) < 4.78 is 0. The summed E-state index contributed by atoms with van der Waals surface area (Å²) in [6, 6.07) is 75.4. The van der Waals surface area contributed by atoms with Gasteiger partial charge in [0.2, 0.25) is 0 Å². The Morgan fingerprint density at radius 1 is 0.281 bits per heavy atom. The summed E-state index contributed by atoms with van der Waals surface area (Å²) in [6.07, 6.45) is 0. The monoisotopic (exact) mass is 818 g/mol. The van der Waals surface area contributed by atoms with E-state index in [1.54, 1.807) is 0 Å². The molecule has 10 aromatic rings. The number of aromatic nitrogens is 2. The molecule has 0 saturated carbocycles. The van der Waals surface area contributed by atoms with Gasteiger partial charge in [-0.2, -0.15) is 0 Å².